The van der Waals surface area contributed by atoms with Crippen LogP contribution in [0.3, 0.4) is 0 Å². The molecule has 0 aliphatic rings. The molecule has 2 N–H and O–H groups in total. The average molecular weight is 310 g/mol. The Bertz CT molecular complexity index is 649. The molecule has 0 heterocycles. The second-order valence-electron chi connectivity index (χ2n) is 4.27. The molecule has 0 radical (unpaired) electrons. The second-order valence-corrected chi connectivity index (χ2v) is 4.68. The maximum Gasteiger partial charge on any atom is 0.344 e. The topological polar surface area (TPSA) is 61.5 Å². The molecule has 0 bridgehead atoms. The van der Waals surface area contributed by atoms with Crippen LogP contribution in [0.2, 0.25) is 5.02 Å². The van der Waals surface area contributed by atoms with E-state index in [1.165, 1.54) is 12.1 Å². The maximum absolute atomic E-state index is 13.2. The summed E-state index contributed by atoms with van der Waals surface area (Å²) in [5.74, 6) is -0.640. The van der Waals surface area contributed by atoms with Crippen LogP contribution in [0.15, 0.2) is 42.5 Å². The van der Waals surface area contributed by atoms with E-state index in [1.807, 2.05) is 0 Å². The summed E-state index contributed by atoms with van der Waals surface area (Å²) in [5.41, 5.74) is 6.63. The van der Waals surface area contributed by atoms with Crippen molar-refractivity contribution >= 4 is 23.3 Å². The Kier molecular flexibility index (Phi) is 5.00. The number of nitrogen functional groups attached to an aromatic ring is 1. The first-order valence-corrected chi connectivity index (χ1v) is 6.50. The first-order valence-electron chi connectivity index (χ1n) is 6.12. The SMILES string of the molecule is Nc1cccc(OCC(=O)OCc2ccc(Cl)c(F)c2)c1. The molecular weight excluding hydrogens is 297 g/mol. The van der Waals surface area contributed by atoms with Gasteiger partial charge in [-0.1, -0.05) is 23.7 Å². The van der Waals surface area contributed by atoms with Crippen molar-refractivity contribution < 1.29 is 18.7 Å². The normalized spacial score (nSPS) is 10.2. The molecule has 2 aromatic carbocycles. The Morgan fingerprint density at radius 2 is 2.05 bits per heavy atom. The lowest BCUT2D eigenvalue weighted by Gasteiger charge is -2.08. The number of anilines is 1. The van der Waals surface area contributed by atoms with E-state index in [2.05, 4.69) is 0 Å². The predicted octanol–water partition coefficient (Wildman–Crippen LogP) is 3.18. The number of hydrogen-bond donors (Lipinski definition) is 1. The molecule has 0 aliphatic heterocycles. The third kappa shape index (κ3) is 4.65. The molecule has 0 fully saturated rings. The van der Waals surface area contributed by atoms with Crippen LogP contribution in [-0.4, -0.2) is 12.6 Å². The van der Waals surface area contributed by atoms with Crippen molar-refractivity contribution in [3.8, 4) is 5.75 Å². The highest BCUT2D eigenvalue weighted by atomic mass is 35.5. The van der Waals surface area contributed by atoms with Crippen molar-refractivity contribution in [3.63, 3.8) is 0 Å². The quantitative estimate of drug-likeness (QED) is 0.680. The zero-order chi connectivity index (χ0) is 15.2. The van der Waals surface area contributed by atoms with Gasteiger partial charge in [-0.2, -0.15) is 0 Å². The Morgan fingerprint density at radius 3 is 2.76 bits per heavy atom. The summed E-state index contributed by atoms with van der Waals surface area (Å²) in [7, 11) is 0. The number of carbonyl (C=O) groups excluding carboxylic acids is 1. The van der Waals surface area contributed by atoms with Crippen LogP contribution in [0.4, 0.5) is 10.1 Å². The zero-order valence-corrected chi connectivity index (χ0v) is 11.8. The van der Waals surface area contributed by atoms with E-state index >= 15 is 0 Å². The van der Waals surface area contributed by atoms with E-state index < -0.39 is 11.8 Å². The number of nitrogens with two attached hydrogens (primary N) is 1. The van der Waals surface area contributed by atoms with Gasteiger partial charge in [-0.05, 0) is 29.8 Å². The Hall–Kier alpha value is -2.27. The minimum absolute atomic E-state index is 0.0232. The lowest BCUT2D eigenvalue weighted by molar-refractivity contribution is -0.147. The van der Waals surface area contributed by atoms with E-state index in [0.717, 1.165) is 0 Å². The summed E-state index contributed by atoms with van der Waals surface area (Å²) in [4.78, 5) is 11.5. The fourth-order valence-electron chi connectivity index (χ4n) is 1.58. The summed E-state index contributed by atoms with van der Waals surface area (Å²) in [6.07, 6.45) is 0. The van der Waals surface area contributed by atoms with Crippen molar-refractivity contribution in [2.24, 2.45) is 0 Å². The monoisotopic (exact) mass is 309 g/mol. The lowest BCUT2D eigenvalue weighted by Crippen LogP contribution is -2.14. The van der Waals surface area contributed by atoms with Crippen LogP contribution in [0, 0.1) is 5.82 Å². The molecule has 2 rings (SSSR count). The smallest absolute Gasteiger partial charge is 0.344 e. The molecule has 0 saturated carbocycles. The molecule has 0 aromatic heterocycles. The van der Waals surface area contributed by atoms with Gasteiger partial charge >= 0.3 is 5.97 Å². The highest BCUT2D eigenvalue weighted by Crippen LogP contribution is 2.16. The van der Waals surface area contributed by atoms with E-state index in [1.54, 1.807) is 30.3 Å². The van der Waals surface area contributed by atoms with Crippen molar-refractivity contribution in [1.29, 1.82) is 0 Å². The van der Waals surface area contributed by atoms with Crippen molar-refractivity contribution in [3.05, 3.63) is 58.9 Å². The third-order valence-corrected chi connectivity index (χ3v) is 2.91. The molecule has 6 heteroatoms. The van der Waals surface area contributed by atoms with Gasteiger partial charge in [0.2, 0.25) is 0 Å². The van der Waals surface area contributed by atoms with Gasteiger partial charge in [-0.3, -0.25) is 0 Å². The summed E-state index contributed by atoms with van der Waals surface area (Å²) in [6, 6.07) is 10.9. The van der Waals surface area contributed by atoms with E-state index in [0.29, 0.717) is 17.0 Å². The number of carbonyl (C=O) groups is 1. The Labute approximate surface area is 126 Å². The van der Waals surface area contributed by atoms with Gasteiger partial charge in [0, 0.05) is 11.8 Å². The largest absolute Gasteiger partial charge is 0.482 e. The molecule has 0 amide bonds. The van der Waals surface area contributed by atoms with Crippen LogP contribution < -0.4 is 10.5 Å². The Balaban J connectivity index is 1.80. The number of benzene rings is 2. The highest BCUT2D eigenvalue weighted by molar-refractivity contribution is 6.30. The van der Waals surface area contributed by atoms with Gasteiger partial charge in [0.1, 0.15) is 18.2 Å². The first-order chi connectivity index (χ1) is 10.0. The fourth-order valence-corrected chi connectivity index (χ4v) is 1.70. The molecular formula is C15H13ClFNO3. The van der Waals surface area contributed by atoms with E-state index in [-0.39, 0.29) is 18.2 Å². The van der Waals surface area contributed by atoms with Crippen molar-refractivity contribution in [2.75, 3.05) is 12.3 Å². The van der Waals surface area contributed by atoms with Gasteiger partial charge in [0.05, 0.1) is 5.02 Å². The summed E-state index contributed by atoms with van der Waals surface area (Å²) < 4.78 is 23.4. The minimum Gasteiger partial charge on any atom is -0.482 e. The third-order valence-electron chi connectivity index (χ3n) is 2.60. The van der Waals surface area contributed by atoms with Crippen LogP contribution in [-0.2, 0) is 16.1 Å². The molecule has 0 spiro atoms. The number of ether oxygens (including phenoxy) is 2. The van der Waals surface area contributed by atoms with E-state index in [9.17, 15) is 9.18 Å². The van der Waals surface area contributed by atoms with Gasteiger partial charge in [-0.15, -0.1) is 0 Å². The molecule has 0 unspecified atom stereocenters. The van der Waals surface area contributed by atoms with Gasteiger partial charge < -0.3 is 15.2 Å². The van der Waals surface area contributed by atoms with E-state index in [4.69, 9.17) is 26.8 Å². The van der Waals surface area contributed by atoms with Crippen LogP contribution in [0.1, 0.15) is 5.56 Å². The standard InChI is InChI=1S/C15H13ClFNO3/c16-13-5-4-10(6-14(13)17)8-21-15(19)9-20-12-3-1-2-11(18)7-12/h1-7H,8-9,18H2. The average Bonchev–Trinajstić information content (AvgIpc) is 2.46. The van der Waals surface area contributed by atoms with Crippen LogP contribution in [0.25, 0.3) is 0 Å². The number of rotatable bonds is 5. The first kappa shape index (κ1) is 15.1. The molecule has 2 aromatic rings. The van der Waals surface area contributed by atoms with Crippen LogP contribution >= 0.6 is 11.6 Å². The molecule has 110 valence electrons. The fraction of sp³-hybridized carbons (Fsp3) is 0.133. The molecule has 4 nitrogen and oxygen atoms in total. The Morgan fingerprint density at radius 1 is 1.24 bits per heavy atom. The molecule has 0 atom stereocenters. The molecule has 0 aliphatic carbocycles. The summed E-state index contributed by atoms with van der Waals surface area (Å²) >= 11 is 5.56. The number of halogens is 2. The van der Waals surface area contributed by atoms with Crippen molar-refractivity contribution in [1.82, 2.24) is 0 Å². The molecule has 21 heavy (non-hydrogen) atoms. The van der Waals surface area contributed by atoms with Crippen molar-refractivity contribution in [2.45, 2.75) is 6.61 Å². The lowest BCUT2D eigenvalue weighted by atomic mass is 10.2. The second kappa shape index (κ2) is 6.95. The number of esters is 1. The number of hydrogen-bond acceptors (Lipinski definition) is 4. The predicted molar refractivity (Wildman–Crippen MR) is 77.6 cm³/mol. The summed E-state index contributed by atoms with van der Waals surface area (Å²) in [6.45, 7) is -0.299. The highest BCUT2D eigenvalue weighted by Gasteiger charge is 2.07. The molecule has 0 saturated heterocycles. The van der Waals surface area contributed by atoms with Gasteiger partial charge in [-0.25, -0.2) is 9.18 Å². The van der Waals surface area contributed by atoms with Gasteiger partial charge in [0.25, 0.3) is 0 Å². The summed E-state index contributed by atoms with van der Waals surface area (Å²) in [5, 5.41) is 0.0232. The van der Waals surface area contributed by atoms with Gasteiger partial charge in [0.15, 0.2) is 6.61 Å². The van der Waals surface area contributed by atoms with Crippen LogP contribution in [0.5, 0.6) is 5.75 Å². The minimum atomic E-state index is -0.562. The maximum atomic E-state index is 13.2. The zero-order valence-electron chi connectivity index (χ0n) is 11.0.